The Labute approximate surface area is 195 Å². The normalized spacial score (nSPS) is 23.6. The van der Waals surface area contributed by atoms with Crippen molar-refractivity contribution in [3.8, 4) is 0 Å². The third-order valence-electron chi connectivity index (χ3n) is 6.86. The van der Waals surface area contributed by atoms with Gasteiger partial charge < -0.3 is 25.2 Å². The molecule has 1 aliphatic heterocycles. The van der Waals surface area contributed by atoms with Crippen LogP contribution in [0, 0.1) is 0 Å². The molecule has 2 fully saturated rings. The van der Waals surface area contributed by atoms with E-state index in [1.54, 1.807) is 0 Å². The number of imidazole rings is 1. The molecular formula is C24H37N7O2. The minimum absolute atomic E-state index is 0.122. The van der Waals surface area contributed by atoms with Crippen LogP contribution in [0.15, 0.2) is 19.0 Å². The quantitative estimate of drug-likeness (QED) is 0.525. The van der Waals surface area contributed by atoms with E-state index >= 15 is 0 Å². The molecule has 1 aliphatic carbocycles. The number of fused-ring (bicyclic) bond motifs is 1. The Bertz CT molecular complexity index is 971. The second kappa shape index (κ2) is 10.5. The summed E-state index contributed by atoms with van der Waals surface area (Å²) in [6.07, 6.45) is 11.1. The molecule has 2 aliphatic rings. The Hall–Kier alpha value is -2.68. The summed E-state index contributed by atoms with van der Waals surface area (Å²) in [6.45, 7) is 8.87. The first kappa shape index (κ1) is 23.5. The average Bonchev–Trinajstić information content (AvgIpc) is 3.24. The van der Waals surface area contributed by atoms with E-state index in [2.05, 4.69) is 45.5 Å². The number of aliphatic hydroxyl groups excluding tert-OH is 1. The Morgan fingerprint density at radius 1 is 1.24 bits per heavy atom. The van der Waals surface area contributed by atoms with Crippen molar-refractivity contribution in [1.29, 1.82) is 0 Å². The number of hydrogen-bond acceptors (Lipinski definition) is 7. The van der Waals surface area contributed by atoms with Gasteiger partial charge in [-0.2, -0.15) is 9.97 Å². The summed E-state index contributed by atoms with van der Waals surface area (Å²) in [5.74, 6) is 1.34. The summed E-state index contributed by atoms with van der Waals surface area (Å²) in [7, 11) is 0. The molecular weight excluding hydrogens is 418 g/mol. The zero-order valence-electron chi connectivity index (χ0n) is 19.8. The average molecular weight is 456 g/mol. The van der Waals surface area contributed by atoms with Crippen molar-refractivity contribution in [2.24, 2.45) is 0 Å². The minimum atomic E-state index is -0.122. The number of carbonyl (C=O) groups excluding carboxylic acids is 1. The Morgan fingerprint density at radius 2 is 2.06 bits per heavy atom. The van der Waals surface area contributed by atoms with Crippen molar-refractivity contribution in [1.82, 2.24) is 24.8 Å². The molecule has 0 radical (unpaired) electrons. The van der Waals surface area contributed by atoms with Crippen LogP contribution < -0.4 is 15.5 Å². The fraction of sp³-hybridized carbons (Fsp3) is 0.667. The van der Waals surface area contributed by atoms with Gasteiger partial charge in [-0.05, 0) is 71.3 Å². The van der Waals surface area contributed by atoms with Gasteiger partial charge in [0.1, 0.15) is 0 Å². The molecule has 1 amide bonds. The lowest BCUT2D eigenvalue weighted by Crippen LogP contribution is -2.42. The van der Waals surface area contributed by atoms with Crippen LogP contribution in [0.2, 0.25) is 0 Å². The number of aromatic nitrogens is 4. The van der Waals surface area contributed by atoms with Gasteiger partial charge in [-0.25, -0.2) is 4.98 Å². The summed E-state index contributed by atoms with van der Waals surface area (Å²) in [4.78, 5) is 28.6. The van der Waals surface area contributed by atoms with E-state index in [4.69, 9.17) is 9.97 Å². The number of carbonyl (C=O) groups is 1. The molecule has 4 rings (SSSR count). The van der Waals surface area contributed by atoms with Crippen LogP contribution in [-0.2, 0) is 4.79 Å². The number of anilines is 2. The Kier molecular flexibility index (Phi) is 7.47. The molecule has 0 aromatic carbocycles. The molecule has 2 unspecified atom stereocenters. The Morgan fingerprint density at radius 3 is 2.82 bits per heavy atom. The number of aliphatic hydroxyl groups is 1. The van der Waals surface area contributed by atoms with Crippen LogP contribution in [0.5, 0.6) is 0 Å². The van der Waals surface area contributed by atoms with E-state index in [0.717, 1.165) is 68.5 Å². The summed E-state index contributed by atoms with van der Waals surface area (Å²) < 4.78 is 2.09. The third-order valence-corrected chi connectivity index (χ3v) is 6.86. The summed E-state index contributed by atoms with van der Waals surface area (Å²) in [5.41, 5.74) is 1.61. The van der Waals surface area contributed by atoms with Crippen LogP contribution in [0.4, 0.5) is 11.8 Å². The Balaban J connectivity index is 1.65. The predicted octanol–water partition coefficient (Wildman–Crippen LogP) is 3.17. The molecule has 2 aromatic heterocycles. The molecule has 3 N–H and O–H groups in total. The lowest BCUT2D eigenvalue weighted by Gasteiger charge is -2.36. The lowest BCUT2D eigenvalue weighted by atomic mass is 9.91. The van der Waals surface area contributed by atoms with E-state index in [1.165, 1.54) is 12.5 Å². The van der Waals surface area contributed by atoms with Crippen molar-refractivity contribution in [3.05, 3.63) is 19.0 Å². The highest BCUT2D eigenvalue weighted by Gasteiger charge is 2.28. The zero-order chi connectivity index (χ0) is 23.4. The largest absolute Gasteiger partial charge is 0.396 e. The van der Waals surface area contributed by atoms with Gasteiger partial charge in [-0.15, -0.1) is 0 Å². The van der Waals surface area contributed by atoms with Crippen molar-refractivity contribution in [2.45, 2.75) is 89.4 Å². The van der Waals surface area contributed by atoms with E-state index < -0.39 is 0 Å². The maximum atomic E-state index is 11.8. The maximum Gasteiger partial charge on any atom is 0.243 e. The topological polar surface area (TPSA) is 108 Å². The fourth-order valence-corrected chi connectivity index (χ4v) is 5.13. The van der Waals surface area contributed by atoms with E-state index in [0.29, 0.717) is 5.95 Å². The van der Waals surface area contributed by atoms with Gasteiger partial charge in [0.05, 0.1) is 6.33 Å². The zero-order valence-corrected chi connectivity index (χ0v) is 19.8. The van der Waals surface area contributed by atoms with Crippen molar-refractivity contribution in [2.75, 3.05) is 23.4 Å². The highest BCUT2D eigenvalue weighted by atomic mass is 16.3. The van der Waals surface area contributed by atoms with Gasteiger partial charge in [0.25, 0.3) is 0 Å². The molecule has 3 atom stereocenters. The monoisotopic (exact) mass is 455 g/mol. The number of hydrogen-bond donors (Lipinski definition) is 3. The molecule has 2 aromatic rings. The highest BCUT2D eigenvalue weighted by Crippen LogP contribution is 2.31. The number of rotatable bonds is 8. The van der Waals surface area contributed by atoms with Crippen LogP contribution in [-0.4, -0.2) is 61.8 Å². The minimum Gasteiger partial charge on any atom is -0.396 e. The standard InChI is InChI=1S/C24H37N7O2/c1-4-20(33)26-17-8-7-9-18(14-17)27-22-21-23(31(15-25-21)16(2)3)29-24(28-22)30-12-6-5-10-19(30)11-13-32/h4,15-19,32H,1,5-14H2,2-3H3,(H,26,33)(H,27,28,29)/t17?,18?,19-/m0/s1. The molecule has 0 spiro atoms. The second-order valence-corrected chi connectivity index (χ2v) is 9.56. The van der Waals surface area contributed by atoms with Gasteiger partial charge in [0, 0.05) is 37.3 Å². The summed E-state index contributed by atoms with van der Waals surface area (Å²) in [5, 5.41) is 16.3. The molecule has 3 heterocycles. The molecule has 1 saturated carbocycles. The number of nitrogens with zero attached hydrogens (tertiary/aromatic N) is 5. The van der Waals surface area contributed by atoms with Gasteiger partial charge in [-0.1, -0.05) is 6.58 Å². The molecule has 1 saturated heterocycles. The van der Waals surface area contributed by atoms with Crippen LogP contribution in [0.3, 0.4) is 0 Å². The SMILES string of the molecule is C=CC(=O)NC1CCCC(Nc2nc(N3CCCC[C@H]3CCO)nc3c2ncn3C(C)C)C1. The third kappa shape index (κ3) is 5.29. The van der Waals surface area contributed by atoms with Gasteiger partial charge in [0.2, 0.25) is 11.9 Å². The highest BCUT2D eigenvalue weighted by molar-refractivity contribution is 5.87. The first-order valence-corrected chi connectivity index (χ1v) is 12.3. The van der Waals surface area contributed by atoms with E-state index in [9.17, 15) is 9.90 Å². The first-order valence-electron chi connectivity index (χ1n) is 12.3. The van der Waals surface area contributed by atoms with Crippen molar-refractivity contribution < 1.29 is 9.90 Å². The van der Waals surface area contributed by atoms with Gasteiger partial charge in [-0.3, -0.25) is 4.79 Å². The molecule has 180 valence electrons. The number of nitrogens with one attached hydrogen (secondary N) is 2. The van der Waals surface area contributed by atoms with Crippen molar-refractivity contribution >= 4 is 28.8 Å². The smallest absolute Gasteiger partial charge is 0.243 e. The molecule has 9 nitrogen and oxygen atoms in total. The van der Waals surface area contributed by atoms with Crippen LogP contribution >= 0.6 is 0 Å². The lowest BCUT2D eigenvalue weighted by molar-refractivity contribution is -0.117. The predicted molar refractivity (Wildman–Crippen MR) is 130 cm³/mol. The first-order chi connectivity index (χ1) is 16.0. The maximum absolute atomic E-state index is 11.8. The summed E-state index contributed by atoms with van der Waals surface area (Å²) in [6, 6.07) is 0.799. The van der Waals surface area contributed by atoms with Crippen LogP contribution in [0.25, 0.3) is 11.2 Å². The summed E-state index contributed by atoms with van der Waals surface area (Å²) >= 11 is 0. The fourth-order valence-electron chi connectivity index (χ4n) is 5.13. The number of piperidine rings is 1. The van der Waals surface area contributed by atoms with Gasteiger partial charge >= 0.3 is 0 Å². The molecule has 9 heteroatoms. The second-order valence-electron chi connectivity index (χ2n) is 9.56. The number of amides is 1. The molecule has 33 heavy (non-hydrogen) atoms. The van der Waals surface area contributed by atoms with E-state index in [1.807, 2.05) is 6.33 Å². The van der Waals surface area contributed by atoms with Crippen molar-refractivity contribution in [3.63, 3.8) is 0 Å². The van der Waals surface area contributed by atoms with Crippen LogP contribution in [0.1, 0.15) is 71.3 Å². The molecule has 0 bridgehead atoms. The van der Waals surface area contributed by atoms with E-state index in [-0.39, 0.29) is 36.7 Å². The van der Waals surface area contributed by atoms with Gasteiger partial charge in [0.15, 0.2) is 17.0 Å².